The molecule has 3 atom stereocenters. The highest BCUT2D eigenvalue weighted by atomic mass is 16.5. The van der Waals surface area contributed by atoms with E-state index >= 15 is 0 Å². The van der Waals surface area contributed by atoms with Gasteiger partial charge in [0, 0.05) is 6.42 Å². The molecule has 0 bridgehead atoms. The fraction of sp³-hybridized carbons (Fsp3) is 0.750. The van der Waals surface area contributed by atoms with Crippen molar-refractivity contribution in [3.05, 3.63) is 0 Å². The number of nitrogens with zero attached hydrogens (tertiary/aromatic N) is 1. The first kappa shape index (κ1) is 16.4. The van der Waals surface area contributed by atoms with Crippen molar-refractivity contribution in [2.75, 3.05) is 7.11 Å². The predicted octanol–water partition coefficient (Wildman–Crippen LogP) is -0.815. The van der Waals surface area contributed by atoms with Crippen LogP contribution in [0.1, 0.15) is 32.6 Å². The summed E-state index contributed by atoms with van der Waals surface area (Å²) in [6.07, 6.45) is -0.411. The minimum absolute atomic E-state index is 0.0278. The number of carbonyl (C=O) groups excluding carboxylic acids is 3. The molecule has 8 heteroatoms. The summed E-state index contributed by atoms with van der Waals surface area (Å²) < 4.78 is 4.55. The number of hydroxylamine groups is 2. The molecule has 0 radical (unpaired) electrons. The molecule has 2 amide bonds. The van der Waals surface area contributed by atoms with E-state index in [1.807, 2.05) is 0 Å². The van der Waals surface area contributed by atoms with Crippen LogP contribution in [0.4, 0.5) is 0 Å². The average Bonchev–Trinajstić information content (AvgIpc) is 2.42. The van der Waals surface area contributed by atoms with Crippen LogP contribution in [0.15, 0.2) is 0 Å². The number of esters is 1. The third-order valence-electron chi connectivity index (χ3n) is 3.24. The van der Waals surface area contributed by atoms with E-state index in [-0.39, 0.29) is 19.3 Å². The summed E-state index contributed by atoms with van der Waals surface area (Å²) in [6.45, 7) is 1.42. The first-order chi connectivity index (χ1) is 9.36. The molecule has 0 aromatic carbocycles. The molecule has 1 fully saturated rings. The lowest BCUT2D eigenvalue weighted by atomic mass is 10.1. The maximum Gasteiger partial charge on any atom is 0.330 e. The molecule has 2 unspecified atom stereocenters. The molecule has 0 aromatic rings. The molecular weight excluding hydrogens is 268 g/mol. The van der Waals surface area contributed by atoms with E-state index < -0.39 is 36.0 Å². The molecule has 1 saturated heterocycles. The van der Waals surface area contributed by atoms with Gasteiger partial charge in [-0.3, -0.25) is 14.8 Å². The van der Waals surface area contributed by atoms with E-state index in [2.05, 4.69) is 10.1 Å². The zero-order chi connectivity index (χ0) is 15.3. The largest absolute Gasteiger partial charge is 0.467 e. The number of ether oxygens (including phenoxy) is 1. The zero-order valence-electron chi connectivity index (χ0n) is 11.5. The second-order valence-corrected chi connectivity index (χ2v) is 4.80. The standard InChI is InChI=1S/C12H20N2O6/c1-7-11(12(18)20-2)13-9(16)6-8(15)4-3-5-10(17)14(7)19/h7-8,11,15,19H,3-6H2,1-2H3,(H,13,16)/t7?,8?,11-/m1/s1. The number of carbonyl (C=O) groups is 3. The molecule has 3 N–H and O–H groups in total. The Bertz CT molecular complexity index is 386. The van der Waals surface area contributed by atoms with Gasteiger partial charge in [0.25, 0.3) is 0 Å². The molecule has 0 aliphatic carbocycles. The minimum atomic E-state index is -1.19. The molecule has 20 heavy (non-hydrogen) atoms. The number of rotatable bonds is 1. The lowest BCUT2D eigenvalue weighted by Gasteiger charge is -2.28. The number of aliphatic hydroxyl groups excluding tert-OH is 1. The van der Waals surface area contributed by atoms with E-state index in [0.717, 1.165) is 7.11 Å². The fourth-order valence-corrected chi connectivity index (χ4v) is 2.02. The van der Waals surface area contributed by atoms with Crippen molar-refractivity contribution in [3.63, 3.8) is 0 Å². The first-order valence-corrected chi connectivity index (χ1v) is 6.43. The van der Waals surface area contributed by atoms with Gasteiger partial charge in [0.15, 0.2) is 0 Å². The van der Waals surface area contributed by atoms with Gasteiger partial charge in [-0.25, -0.2) is 9.86 Å². The first-order valence-electron chi connectivity index (χ1n) is 6.43. The highest BCUT2D eigenvalue weighted by Crippen LogP contribution is 2.12. The lowest BCUT2D eigenvalue weighted by molar-refractivity contribution is -0.180. The Morgan fingerprint density at radius 1 is 1.45 bits per heavy atom. The van der Waals surface area contributed by atoms with Crippen LogP contribution in [0, 0.1) is 0 Å². The number of hydrogen-bond acceptors (Lipinski definition) is 6. The molecular formula is C12H20N2O6. The van der Waals surface area contributed by atoms with Crippen LogP contribution in [-0.2, 0) is 19.1 Å². The molecule has 0 spiro atoms. The van der Waals surface area contributed by atoms with E-state index in [0.29, 0.717) is 11.5 Å². The summed E-state index contributed by atoms with van der Waals surface area (Å²) in [4.78, 5) is 35.1. The molecule has 114 valence electrons. The van der Waals surface area contributed by atoms with Gasteiger partial charge >= 0.3 is 5.97 Å². The van der Waals surface area contributed by atoms with Crippen LogP contribution in [-0.4, -0.2) is 58.5 Å². The van der Waals surface area contributed by atoms with Gasteiger partial charge in [0.05, 0.1) is 25.7 Å². The predicted molar refractivity (Wildman–Crippen MR) is 66.5 cm³/mol. The van der Waals surface area contributed by atoms with Crippen LogP contribution in [0.25, 0.3) is 0 Å². The smallest absolute Gasteiger partial charge is 0.330 e. The third kappa shape index (κ3) is 4.17. The van der Waals surface area contributed by atoms with Crippen LogP contribution < -0.4 is 5.32 Å². The van der Waals surface area contributed by atoms with E-state index in [1.165, 1.54) is 6.92 Å². The molecule has 0 saturated carbocycles. The summed E-state index contributed by atoms with van der Waals surface area (Å²) in [7, 11) is 1.14. The molecule has 8 nitrogen and oxygen atoms in total. The highest BCUT2D eigenvalue weighted by molar-refractivity contribution is 5.86. The summed E-state index contributed by atoms with van der Waals surface area (Å²) >= 11 is 0. The fourth-order valence-electron chi connectivity index (χ4n) is 2.02. The lowest BCUT2D eigenvalue weighted by Crippen LogP contribution is -2.55. The third-order valence-corrected chi connectivity index (χ3v) is 3.24. The van der Waals surface area contributed by atoms with Crippen molar-refractivity contribution in [2.24, 2.45) is 0 Å². The maximum atomic E-state index is 11.7. The molecule has 1 heterocycles. The van der Waals surface area contributed by atoms with Crippen LogP contribution in [0.3, 0.4) is 0 Å². The molecule has 0 aromatic heterocycles. The Kier molecular flexibility index (Phi) is 5.90. The number of amides is 2. The monoisotopic (exact) mass is 288 g/mol. The zero-order valence-corrected chi connectivity index (χ0v) is 11.5. The van der Waals surface area contributed by atoms with Gasteiger partial charge < -0.3 is 15.2 Å². The second-order valence-electron chi connectivity index (χ2n) is 4.80. The van der Waals surface area contributed by atoms with E-state index in [9.17, 15) is 24.7 Å². The van der Waals surface area contributed by atoms with E-state index in [4.69, 9.17) is 0 Å². The topological polar surface area (TPSA) is 116 Å². The quantitative estimate of drug-likeness (QED) is 0.429. The SMILES string of the molecule is COC(=O)[C@@H]1NC(=O)CC(O)CCCC(=O)N(O)C1C. The molecule has 1 aliphatic rings. The van der Waals surface area contributed by atoms with Crippen molar-refractivity contribution in [3.8, 4) is 0 Å². The number of methoxy groups -OCH3 is 1. The van der Waals surface area contributed by atoms with Crippen molar-refractivity contribution in [2.45, 2.75) is 50.8 Å². The normalized spacial score (nSPS) is 29.4. The van der Waals surface area contributed by atoms with Gasteiger partial charge in [-0.2, -0.15) is 0 Å². The van der Waals surface area contributed by atoms with Gasteiger partial charge in [0.1, 0.15) is 6.04 Å². The molecule has 1 rings (SSSR count). The van der Waals surface area contributed by atoms with Gasteiger partial charge in [-0.15, -0.1) is 0 Å². The Morgan fingerprint density at radius 3 is 2.70 bits per heavy atom. The Labute approximate surface area is 116 Å². The second kappa shape index (κ2) is 7.20. The average molecular weight is 288 g/mol. The van der Waals surface area contributed by atoms with Crippen LogP contribution in [0.2, 0.25) is 0 Å². The van der Waals surface area contributed by atoms with Crippen molar-refractivity contribution >= 4 is 17.8 Å². The summed E-state index contributed by atoms with van der Waals surface area (Å²) in [6, 6.07) is -2.15. The Balaban J connectivity index is 2.96. The Morgan fingerprint density at radius 2 is 2.10 bits per heavy atom. The molecule has 1 aliphatic heterocycles. The maximum absolute atomic E-state index is 11.7. The van der Waals surface area contributed by atoms with Crippen molar-refractivity contribution in [1.29, 1.82) is 0 Å². The summed E-state index contributed by atoms with van der Waals surface area (Å²) in [5, 5.41) is 22.2. The highest BCUT2D eigenvalue weighted by Gasteiger charge is 2.34. The van der Waals surface area contributed by atoms with Gasteiger partial charge in [0.2, 0.25) is 11.8 Å². The number of nitrogens with one attached hydrogen (secondary N) is 1. The van der Waals surface area contributed by atoms with Crippen LogP contribution >= 0.6 is 0 Å². The Hall–Kier alpha value is -1.67. The number of aliphatic hydroxyl groups is 1. The number of hydrogen-bond donors (Lipinski definition) is 3. The van der Waals surface area contributed by atoms with E-state index in [1.54, 1.807) is 0 Å². The van der Waals surface area contributed by atoms with Gasteiger partial charge in [-0.05, 0) is 19.8 Å². The van der Waals surface area contributed by atoms with Crippen molar-refractivity contribution < 1.29 is 29.4 Å². The van der Waals surface area contributed by atoms with Gasteiger partial charge in [-0.1, -0.05) is 0 Å². The summed E-state index contributed by atoms with van der Waals surface area (Å²) in [5.74, 6) is -1.89. The minimum Gasteiger partial charge on any atom is -0.467 e. The van der Waals surface area contributed by atoms with Crippen molar-refractivity contribution in [1.82, 2.24) is 10.4 Å². The summed E-state index contributed by atoms with van der Waals surface area (Å²) in [5.41, 5.74) is 0. The van der Waals surface area contributed by atoms with Crippen LogP contribution in [0.5, 0.6) is 0 Å².